The largest absolute Gasteiger partial charge is 0.476 e. The van der Waals surface area contributed by atoms with Gasteiger partial charge in [0, 0.05) is 57.2 Å². The van der Waals surface area contributed by atoms with Crippen LogP contribution in [-0.2, 0) is 9.47 Å². The van der Waals surface area contributed by atoms with Crippen LogP contribution in [0.15, 0.2) is 24.3 Å². The van der Waals surface area contributed by atoms with Crippen molar-refractivity contribution in [1.82, 2.24) is 14.9 Å². The van der Waals surface area contributed by atoms with Crippen molar-refractivity contribution in [1.29, 1.82) is 0 Å². The maximum Gasteiger partial charge on any atom is 0.274 e. The van der Waals surface area contributed by atoms with Crippen LogP contribution in [0.25, 0.3) is 0 Å². The molecular weight excluding hydrogens is 424 g/mol. The summed E-state index contributed by atoms with van der Waals surface area (Å²) in [6.45, 7) is 9.07. The molecular formula is C23H32N6O4. The summed E-state index contributed by atoms with van der Waals surface area (Å²) in [6, 6.07) is 7.33. The maximum absolute atomic E-state index is 13.1. The molecule has 10 nitrogen and oxygen atoms in total. The third-order valence-electron chi connectivity index (χ3n) is 5.74. The SMILES string of the molecule is CNc1cc(NC(=O)c2cc(OCCN3CCOCC3)nc(N3CCOCC3)n2)ccc1C. The van der Waals surface area contributed by atoms with E-state index in [1.807, 2.05) is 37.1 Å². The number of anilines is 3. The molecule has 0 aliphatic carbocycles. The Morgan fingerprint density at radius 3 is 2.52 bits per heavy atom. The number of hydrogen-bond acceptors (Lipinski definition) is 9. The summed E-state index contributed by atoms with van der Waals surface area (Å²) < 4.78 is 16.8. The van der Waals surface area contributed by atoms with E-state index in [4.69, 9.17) is 14.2 Å². The van der Waals surface area contributed by atoms with Crippen LogP contribution in [0.2, 0.25) is 0 Å². The van der Waals surface area contributed by atoms with Crippen LogP contribution >= 0.6 is 0 Å². The molecule has 1 aromatic heterocycles. The minimum absolute atomic E-state index is 0.263. The summed E-state index contributed by atoms with van der Waals surface area (Å²) in [5.74, 6) is 0.563. The minimum atomic E-state index is -0.309. The Bertz CT molecular complexity index is 945. The van der Waals surface area contributed by atoms with Crippen LogP contribution in [0.5, 0.6) is 5.88 Å². The first-order valence-electron chi connectivity index (χ1n) is 11.4. The predicted octanol–water partition coefficient (Wildman–Crippen LogP) is 1.63. The van der Waals surface area contributed by atoms with Gasteiger partial charge in [0.1, 0.15) is 12.3 Å². The van der Waals surface area contributed by atoms with Gasteiger partial charge in [-0.2, -0.15) is 4.98 Å². The van der Waals surface area contributed by atoms with E-state index in [2.05, 4.69) is 25.5 Å². The third-order valence-corrected chi connectivity index (χ3v) is 5.74. The molecule has 0 spiro atoms. The number of nitrogens with one attached hydrogen (secondary N) is 2. The van der Waals surface area contributed by atoms with Crippen LogP contribution < -0.4 is 20.3 Å². The van der Waals surface area contributed by atoms with Crippen molar-refractivity contribution >= 4 is 23.2 Å². The molecule has 2 aromatic rings. The second-order valence-electron chi connectivity index (χ2n) is 8.03. The lowest BCUT2D eigenvalue weighted by molar-refractivity contribution is 0.0320. The van der Waals surface area contributed by atoms with Crippen LogP contribution in [0, 0.1) is 6.92 Å². The molecule has 2 saturated heterocycles. The first-order chi connectivity index (χ1) is 16.1. The van der Waals surface area contributed by atoms with E-state index in [1.54, 1.807) is 6.07 Å². The minimum Gasteiger partial charge on any atom is -0.476 e. The molecule has 0 atom stereocenters. The Morgan fingerprint density at radius 1 is 1.06 bits per heavy atom. The molecule has 2 aliphatic heterocycles. The number of amides is 1. The van der Waals surface area contributed by atoms with Crippen LogP contribution in [0.3, 0.4) is 0 Å². The van der Waals surface area contributed by atoms with Gasteiger partial charge in [-0.1, -0.05) is 6.07 Å². The lowest BCUT2D eigenvalue weighted by Gasteiger charge is -2.27. The standard InChI is InChI=1S/C23H32N6O4/c1-17-3-4-18(15-19(17)24-2)25-22(30)20-16-21(33-14-7-28-5-10-31-11-6-28)27-23(26-20)29-8-12-32-13-9-29/h3-4,15-16,24H,5-14H2,1-2H3,(H,25,30). The Labute approximate surface area is 194 Å². The first kappa shape index (κ1) is 23.2. The number of carbonyl (C=O) groups is 1. The van der Waals surface area contributed by atoms with Gasteiger partial charge < -0.3 is 29.7 Å². The van der Waals surface area contributed by atoms with Crippen molar-refractivity contribution in [3.05, 3.63) is 35.5 Å². The van der Waals surface area contributed by atoms with Gasteiger partial charge in [0.05, 0.1) is 26.4 Å². The number of nitrogens with zero attached hydrogens (tertiary/aromatic N) is 4. The van der Waals surface area contributed by atoms with Crippen LogP contribution in [0.1, 0.15) is 16.1 Å². The number of aromatic nitrogens is 2. The summed E-state index contributed by atoms with van der Waals surface area (Å²) in [7, 11) is 1.85. The molecule has 178 valence electrons. The number of aryl methyl sites for hydroxylation is 1. The molecule has 2 fully saturated rings. The van der Waals surface area contributed by atoms with Gasteiger partial charge in [-0.05, 0) is 24.6 Å². The highest BCUT2D eigenvalue weighted by Crippen LogP contribution is 2.22. The van der Waals surface area contributed by atoms with E-state index in [0.717, 1.165) is 44.1 Å². The van der Waals surface area contributed by atoms with E-state index in [9.17, 15) is 4.79 Å². The second kappa shape index (κ2) is 11.3. The zero-order valence-corrected chi connectivity index (χ0v) is 19.3. The molecule has 4 rings (SSSR count). The van der Waals surface area contributed by atoms with Crippen molar-refractivity contribution in [2.45, 2.75) is 6.92 Å². The van der Waals surface area contributed by atoms with Crippen molar-refractivity contribution in [2.24, 2.45) is 0 Å². The molecule has 1 amide bonds. The van der Waals surface area contributed by atoms with E-state index in [1.165, 1.54) is 0 Å². The smallest absolute Gasteiger partial charge is 0.274 e. The average Bonchev–Trinajstić information content (AvgIpc) is 2.86. The van der Waals surface area contributed by atoms with Crippen LogP contribution in [0.4, 0.5) is 17.3 Å². The Hall–Kier alpha value is -2.95. The van der Waals surface area contributed by atoms with Gasteiger partial charge in [-0.15, -0.1) is 0 Å². The number of benzene rings is 1. The van der Waals surface area contributed by atoms with E-state index < -0.39 is 0 Å². The molecule has 1 aromatic carbocycles. The number of carbonyl (C=O) groups excluding carboxylic acids is 1. The highest BCUT2D eigenvalue weighted by molar-refractivity contribution is 6.03. The highest BCUT2D eigenvalue weighted by atomic mass is 16.5. The van der Waals surface area contributed by atoms with Gasteiger partial charge in [-0.25, -0.2) is 4.98 Å². The summed E-state index contributed by atoms with van der Waals surface area (Å²) in [5.41, 5.74) is 3.01. The lowest BCUT2D eigenvalue weighted by Crippen LogP contribution is -2.39. The number of morpholine rings is 2. The maximum atomic E-state index is 13.1. The van der Waals surface area contributed by atoms with E-state index in [-0.39, 0.29) is 11.6 Å². The van der Waals surface area contributed by atoms with Gasteiger partial charge in [0.25, 0.3) is 5.91 Å². The van der Waals surface area contributed by atoms with Crippen molar-refractivity contribution in [3.8, 4) is 5.88 Å². The third kappa shape index (κ3) is 6.31. The second-order valence-corrected chi connectivity index (χ2v) is 8.03. The van der Waals surface area contributed by atoms with Crippen molar-refractivity contribution < 1.29 is 19.0 Å². The van der Waals surface area contributed by atoms with E-state index in [0.29, 0.717) is 50.4 Å². The van der Waals surface area contributed by atoms with Crippen molar-refractivity contribution in [2.75, 3.05) is 88.3 Å². The summed E-state index contributed by atoms with van der Waals surface area (Å²) >= 11 is 0. The molecule has 0 saturated carbocycles. The molecule has 0 bridgehead atoms. The summed E-state index contributed by atoms with van der Waals surface area (Å²) in [6.07, 6.45) is 0. The summed E-state index contributed by atoms with van der Waals surface area (Å²) in [4.78, 5) is 26.5. The number of hydrogen-bond donors (Lipinski definition) is 2. The summed E-state index contributed by atoms with van der Waals surface area (Å²) in [5, 5.41) is 6.07. The van der Waals surface area contributed by atoms with Gasteiger partial charge >= 0.3 is 0 Å². The highest BCUT2D eigenvalue weighted by Gasteiger charge is 2.20. The molecule has 0 radical (unpaired) electrons. The molecule has 3 heterocycles. The molecule has 2 aliphatic rings. The average molecular weight is 457 g/mol. The zero-order chi connectivity index (χ0) is 23.0. The molecule has 10 heteroatoms. The van der Waals surface area contributed by atoms with Crippen LogP contribution in [-0.4, -0.2) is 93.6 Å². The van der Waals surface area contributed by atoms with Gasteiger partial charge in [0.15, 0.2) is 0 Å². The monoisotopic (exact) mass is 456 g/mol. The quantitative estimate of drug-likeness (QED) is 0.614. The molecule has 2 N–H and O–H groups in total. The fourth-order valence-corrected chi connectivity index (χ4v) is 3.78. The fraction of sp³-hybridized carbons (Fsp3) is 0.522. The molecule has 33 heavy (non-hydrogen) atoms. The van der Waals surface area contributed by atoms with Gasteiger partial charge in [0.2, 0.25) is 11.8 Å². The number of ether oxygens (including phenoxy) is 3. The zero-order valence-electron chi connectivity index (χ0n) is 19.3. The normalized spacial score (nSPS) is 17.0. The fourth-order valence-electron chi connectivity index (χ4n) is 3.78. The van der Waals surface area contributed by atoms with E-state index >= 15 is 0 Å². The topological polar surface area (TPSA) is 101 Å². The Morgan fingerprint density at radius 2 is 1.79 bits per heavy atom. The molecule has 0 unspecified atom stereocenters. The Kier molecular flexibility index (Phi) is 7.92. The Balaban J connectivity index is 1.49. The predicted molar refractivity (Wildman–Crippen MR) is 126 cm³/mol. The lowest BCUT2D eigenvalue weighted by atomic mass is 10.2. The first-order valence-corrected chi connectivity index (χ1v) is 11.4. The van der Waals surface area contributed by atoms with Gasteiger partial charge in [-0.3, -0.25) is 9.69 Å². The van der Waals surface area contributed by atoms with Crippen molar-refractivity contribution in [3.63, 3.8) is 0 Å². The number of rotatable bonds is 8.